The Morgan fingerprint density at radius 1 is 1.39 bits per heavy atom. The molecule has 0 saturated carbocycles. The summed E-state index contributed by atoms with van der Waals surface area (Å²) in [5.74, 6) is 0.828. The summed E-state index contributed by atoms with van der Waals surface area (Å²) in [5, 5.41) is 0. The zero-order valence-corrected chi connectivity index (χ0v) is 11.5. The maximum Gasteiger partial charge on any atom is 0.0772 e. The van der Waals surface area contributed by atoms with Crippen LogP contribution < -0.4 is 10.6 Å². The molecule has 1 aliphatic rings. The normalized spacial score (nSPS) is 17.4. The summed E-state index contributed by atoms with van der Waals surface area (Å²) in [6, 6.07) is 4.14. The number of nitrogens with zero attached hydrogens (tertiary/aromatic N) is 3. The van der Waals surface area contributed by atoms with E-state index in [9.17, 15) is 0 Å². The molecular formula is C14H24N4. The molecule has 1 saturated heterocycles. The van der Waals surface area contributed by atoms with E-state index in [-0.39, 0.29) is 0 Å². The lowest BCUT2D eigenvalue weighted by atomic mass is 9.96. The minimum atomic E-state index is 0.522. The van der Waals surface area contributed by atoms with Gasteiger partial charge in [0.25, 0.3) is 0 Å². The highest BCUT2D eigenvalue weighted by Crippen LogP contribution is 2.25. The third-order valence-corrected chi connectivity index (χ3v) is 3.64. The molecule has 0 aromatic carbocycles. The summed E-state index contributed by atoms with van der Waals surface area (Å²) in [6.45, 7) is 3.97. The molecular weight excluding hydrogens is 224 g/mol. The van der Waals surface area contributed by atoms with Crippen molar-refractivity contribution in [3.05, 3.63) is 24.0 Å². The van der Waals surface area contributed by atoms with Crippen LogP contribution in [-0.2, 0) is 6.54 Å². The number of anilines is 1. The van der Waals surface area contributed by atoms with Gasteiger partial charge in [0.1, 0.15) is 0 Å². The molecule has 2 heterocycles. The Hall–Kier alpha value is -1.13. The number of hydrogen-bond donors (Lipinski definition) is 1. The quantitative estimate of drug-likeness (QED) is 0.873. The molecule has 18 heavy (non-hydrogen) atoms. The van der Waals surface area contributed by atoms with Crippen molar-refractivity contribution in [2.45, 2.75) is 19.4 Å². The number of rotatable bonds is 4. The van der Waals surface area contributed by atoms with Gasteiger partial charge in [-0.2, -0.15) is 0 Å². The Balaban J connectivity index is 1.97. The lowest BCUT2D eigenvalue weighted by Gasteiger charge is -2.35. The van der Waals surface area contributed by atoms with Crippen LogP contribution in [0.25, 0.3) is 0 Å². The Morgan fingerprint density at radius 2 is 2.11 bits per heavy atom. The molecule has 1 aromatic rings. The summed E-state index contributed by atoms with van der Waals surface area (Å²) >= 11 is 0. The van der Waals surface area contributed by atoms with E-state index in [0.717, 1.165) is 24.7 Å². The van der Waals surface area contributed by atoms with Crippen LogP contribution in [0.5, 0.6) is 0 Å². The first-order chi connectivity index (χ1) is 8.70. The van der Waals surface area contributed by atoms with E-state index in [4.69, 9.17) is 5.73 Å². The zero-order chi connectivity index (χ0) is 13.0. The average Bonchev–Trinajstić information content (AvgIpc) is 2.39. The van der Waals surface area contributed by atoms with E-state index in [1.165, 1.54) is 25.1 Å². The van der Waals surface area contributed by atoms with Gasteiger partial charge in [-0.05, 0) is 45.0 Å². The molecule has 0 spiro atoms. The number of pyridine rings is 1. The van der Waals surface area contributed by atoms with Crippen LogP contribution in [0.3, 0.4) is 0 Å². The van der Waals surface area contributed by atoms with E-state index in [1.807, 2.05) is 12.3 Å². The highest BCUT2D eigenvalue weighted by Gasteiger charge is 2.21. The first-order valence-electron chi connectivity index (χ1n) is 6.74. The molecule has 0 radical (unpaired) electrons. The highest BCUT2D eigenvalue weighted by atomic mass is 15.1. The van der Waals surface area contributed by atoms with Crippen LogP contribution in [0.15, 0.2) is 18.3 Å². The maximum atomic E-state index is 5.75. The van der Waals surface area contributed by atoms with Crippen LogP contribution in [0.1, 0.15) is 18.5 Å². The SMILES string of the molecule is CN(C)CC1CCN(c2cccnc2CN)CC1. The van der Waals surface area contributed by atoms with E-state index < -0.39 is 0 Å². The Kier molecular flexibility index (Phi) is 4.55. The molecule has 0 bridgehead atoms. The second-order valence-corrected chi connectivity index (χ2v) is 5.37. The largest absolute Gasteiger partial charge is 0.370 e. The van der Waals surface area contributed by atoms with E-state index in [2.05, 4.69) is 34.9 Å². The molecule has 1 aromatic heterocycles. The van der Waals surface area contributed by atoms with Gasteiger partial charge in [0.2, 0.25) is 0 Å². The number of piperidine rings is 1. The van der Waals surface area contributed by atoms with Crippen LogP contribution >= 0.6 is 0 Å². The fourth-order valence-corrected chi connectivity index (χ4v) is 2.75. The smallest absolute Gasteiger partial charge is 0.0772 e. The maximum absolute atomic E-state index is 5.75. The summed E-state index contributed by atoms with van der Waals surface area (Å²) < 4.78 is 0. The van der Waals surface area contributed by atoms with Crippen LogP contribution in [0.4, 0.5) is 5.69 Å². The molecule has 0 amide bonds. The molecule has 0 aliphatic carbocycles. The van der Waals surface area contributed by atoms with Gasteiger partial charge in [-0.15, -0.1) is 0 Å². The zero-order valence-electron chi connectivity index (χ0n) is 11.5. The van der Waals surface area contributed by atoms with Crippen LogP contribution in [0, 0.1) is 5.92 Å². The Morgan fingerprint density at radius 3 is 2.72 bits per heavy atom. The summed E-state index contributed by atoms with van der Waals surface area (Å²) in [4.78, 5) is 9.08. The Labute approximate surface area is 110 Å². The third-order valence-electron chi connectivity index (χ3n) is 3.64. The third kappa shape index (κ3) is 3.21. The molecule has 100 valence electrons. The fourth-order valence-electron chi connectivity index (χ4n) is 2.75. The first-order valence-corrected chi connectivity index (χ1v) is 6.74. The molecule has 0 unspecified atom stereocenters. The molecule has 1 aliphatic heterocycles. The number of nitrogens with two attached hydrogens (primary N) is 1. The monoisotopic (exact) mass is 248 g/mol. The molecule has 0 atom stereocenters. The summed E-state index contributed by atoms with van der Waals surface area (Å²) in [6.07, 6.45) is 4.35. The van der Waals surface area contributed by atoms with E-state index >= 15 is 0 Å². The van der Waals surface area contributed by atoms with Crippen molar-refractivity contribution < 1.29 is 0 Å². The van der Waals surface area contributed by atoms with Crippen molar-refractivity contribution in [3.8, 4) is 0 Å². The van der Waals surface area contributed by atoms with Gasteiger partial charge in [-0.25, -0.2) is 0 Å². The molecule has 2 rings (SSSR count). The van der Waals surface area contributed by atoms with Gasteiger partial charge < -0.3 is 15.5 Å². The lowest BCUT2D eigenvalue weighted by Crippen LogP contribution is -2.37. The average molecular weight is 248 g/mol. The summed E-state index contributed by atoms with van der Waals surface area (Å²) in [5.41, 5.74) is 8.00. The fraction of sp³-hybridized carbons (Fsp3) is 0.643. The van der Waals surface area contributed by atoms with E-state index in [0.29, 0.717) is 6.54 Å². The van der Waals surface area contributed by atoms with Gasteiger partial charge in [0, 0.05) is 32.4 Å². The minimum Gasteiger partial charge on any atom is -0.370 e. The standard InChI is InChI=1S/C14H24N4/c1-17(2)11-12-5-8-18(9-6-12)14-4-3-7-16-13(14)10-15/h3-4,7,12H,5-6,8-11,15H2,1-2H3. The highest BCUT2D eigenvalue weighted by molar-refractivity contribution is 5.50. The lowest BCUT2D eigenvalue weighted by molar-refractivity contribution is 0.285. The van der Waals surface area contributed by atoms with Gasteiger partial charge >= 0.3 is 0 Å². The second-order valence-electron chi connectivity index (χ2n) is 5.37. The van der Waals surface area contributed by atoms with Crippen molar-refractivity contribution in [1.82, 2.24) is 9.88 Å². The first kappa shape index (κ1) is 13.3. The van der Waals surface area contributed by atoms with Gasteiger partial charge in [-0.3, -0.25) is 4.98 Å². The van der Waals surface area contributed by atoms with Crippen LogP contribution in [-0.4, -0.2) is 43.6 Å². The van der Waals surface area contributed by atoms with Crippen molar-refractivity contribution in [1.29, 1.82) is 0 Å². The van der Waals surface area contributed by atoms with E-state index in [1.54, 1.807) is 0 Å². The minimum absolute atomic E-state index is 0.522. The van der Waals surface area contributed by atoms with Crippen molar-refractivity contribution >= 4 is 5.69 Å². The molecule has 4 heteroatoms. The van der Waals surface area contributed by atoms with Gasteiger partial charge in [0.05, 0.1) is 11.4 Å². The predicted octanol–water partition coefficient (Wildman–Crippen LogP) is 1.32. The molecule has 4 nitrogen and oxygen atoms in total. The van der Waals surface area contributed by atoms with Crippen LogP contribution in [0.2, 0.25) is 0 Å². The van der Waals surface area contributed by atoms with Gasteiger partial charge in [0.15, 0.2) is 0 Å². The molecule has 1 fully saturated rings. The Bertz CT molecular complexity index is 370. The van der Waals surface area contributed by atoms with Crippen molar-refractivity contribution in [3.63, 3.8) is 0 Å². The molecule has 2 N–H and O–H groups in total. The number of hydrogen-bond acceptors (Lipinski definition) is 4. The topological polar surface area (TPSA) is 45.4 Å². The number of aromatic nitrogens is 1. The van der Waals surface area contributed by atoms with Gasteiger partial charge in [-0.1, -0.05) is 0 Å². The van der Waals surface area contributed by atoms with Crippen molar-refractivity contribution in [2.75, 3.05) is 38.6 Å². The van der Waals surface area contributed by atoms with Crippen molar-refractivity contribution in [2.24, 2.45) is 11.7 Å². The second kappa shape index (κ2) is 6.16. The summed E-state index contributed by atoms with van der Waals surface area (Å²) in [7, 11) is 4.31. The predicted molar refractivity (Wildman–Crippen MR) is 75.6 cm³/mol.